The molecule has 21 heteroatoms. The maximum atomic E-state index is 13.2. The van der Waals surface area contributed by atoms with Crippen LogP contribution in [0.3, 0.4) is 0 Å². The molecule has 0 atom stereocenters. The van der Waals surface area contributed by atoms with Gasteiger partial charge in [-0.2, -0.15) is 0 Å². The van der Waals surface area contributed by atoms with Gasteiger partial charge in [0.2, 0.25) is 0 Å². The Kier molecular flexibility index (Phi) is 21.4. The Morgan fingerprint density at radius 3 is 0.844 bits per heavy atom. The van der Waals surface area contributed by atoms with Crippen molar-refractivity contribution in [3.05, 3.63) is 205 Å². The van der Waals surface area contributed by atoms with Crippen LogP contribution < -0.4 is 121 Å². The fourth-order valence-electron chi connectivity index (χ4n) is 12.7. The first-order chi connectivity index (χ1) is 42.2. The number of fused-ring (bicyclic) bond motifs is 6. The van der Waals surface area contributed by atoms with Gasteiger partial charge in [-0.05, 0) is 127 Å². The second-order valence-corrected chi connectivity index (χ2v) is 26.7. The van der Waals surface area contributed by atoms with E-state index in [-0.39, 0.29) is 140 Å². The number of aryl methyl sites for hydroxylation is 3. The average Bonchev–Trinajstić information content (AvgIpc) is 1.58. The van der Waals surface area contributed by atoms with Crippen molar-refractivity contribution in [2.75, 3.05) is 0 Å². The van der Waals surface area contributed by atoms with Crippen LogP contribution in [0.5, 0.6) is 34.5 Å². The number of hydrogen-bond donors (Lipinski definition) is 6. The molecule has 3 aliphatic rings. The first-order valence-corrected chi connectivity index (χ1v) is 32.1. The van der Waals surface area contributed by atoms with Gasteiger partial charge >= 0.3 is 88.7 Å². The van der Waals surface area contributed by atoms with Crippen molar-refractivity contribution in [2.24, 2.45) is 0 Å². The van der Waals surface area contributed by atoms with Crippen LogP contribution >= 0.6 is 68.8 Å². The van der Waals surface area contributed by atoms with Crippen molar-refractivity contribution in [1.82, 2.24) is 15.0 Å². The van der Waals surface area contributed by atoms with Crippen molar-refractivity contribution in [3.8, 4) is 101 Å². The number of rotatable bonds is 6. The van der Waals surface area contributed by atoms with E-state index in [0.717, 1.165) is 144 Å². The first kappa shape index (κ1) is 67.6. The minimum Gasteiger partial charge on any atom is -0.872 e. The summed E-state index contributed by atoms with van der Waals surface area (Å²) in [7, 11) is 0. The van der Waals surface area contributed by atoms with Gasteiger partial charge in [-0.25, -0.2) is 0 Å². The molecule has 0 radical (unpaired) electrons. The van der Waals surface area contributed by atoms with E-state index in [1.54, 1.807) is 91.0 Å². The van der Waals surface area contributed by atoms with Crippen LogP contribution in [0, 0.1) is 0 Å². The van der Waals surface area contributed by atoms with E-state index < -0.39 is 16.7 Å². The molecule has 6 heterocycles. The predicted molar refractivity (Wildman–Crippen MR) is 348 cm³/mol. The third-order valence-corrected chi connectivity index (χ3v) is 20.8. The van der Waals surface area contributed by atoms with Crippen molar-refractivity contribution in [2.45, 2.75) is 77.0 Å². The van der Waals surface area contributed by atoms with Crippen LogP contribution in [0.25, 0.3) is 97.4 Å². The number of nitrogens with one attached hydrogen (secondary N) is 3. The van der Waals surface area contributed by atoms with Gasteiger partial charge in [0.15, 0.2) is 0 Å². The maximum absolute atomic E-state index is 13.2. The van der Waals surface area contributed by atoms with Gasteiger partial charge in [-0.1, -0.05) is 196 Å². The molecule has 438 valence electrons. The molecule has 15 rings (SSSR count). The van der Waals surface area contributed by atoms with E-state index in [0.29, 0.717) is 93.7 Å². The van der Waals surface area contributed by atoms with Gasteiger partial charge < -0.3 is 45.6 Å². The van der Waals surface area contributed by atoms with E-state index in [9.17, 15) is 45.0 Å². The van der Waals surface area contributed by atoms with Crippen LogP contribution in [-0.2, 0) is 38.5 Å². The Morgan fingerprint density at radius 1 is 0.344 bits per heavy atom. The quantitative estimate of drug-likeness (QED) is 0.0971. The van der Waals surface area contributed by atoms with Gasteiger partial charge in [0, 0.05) is 16.7 Å². The minimum absolute atomic E-state index is 0. The molecule has 12 nitrogen and oxygen atoms in total. The van der Waals surface area contributed by atoms with Gasteiger partial charge in [-0.3, -0.25) is 14.4 Å². The van der Waals surface area contributed by atoms with E-state index in [1.165, 1.54) is 0 Å². The van der Waals surface area contributed by atoms with E-state index >= 15 is 0 Å². The van der Waals surface area contributed by atoms with E-state index in [4.69, 9.17) is 34.8 Å². The zero-order valence-corrected chi connectivity index (χ0v) is 60.0. The molecule has 0 spiro atoms. The number of thiophene rings is 3. The summed E-state index contributed by atoms with van der Waals surface area (Å²) in [5.41, 5.74) is 9.93. The van der Waals surface area contributed by atoms with Crippen LogP contribution in [0.4, 0.5) is 0 Å². The molecule has 0 aliphatic heterocycles. The second kappa shape index (κ2) is 28.5. The summed E-state index contributed by atoms with van der Waals surface area (Å²) >= 11 is 23.1. The Morgan fingerprint density at radius 2 is 0.589 bits per heavy atom. The number of aromatic amines is 3. The summed E-state index contributed by atoms with van der Waals surface area (Å²) < 4.78 is 1.14. The molecule has 6 N–H and O–H groups in total. The van der Waals surface area contributed by atoms with Crippen molar-refractivity contribution in [1.29, 1.82) is 0 Å². The third kappa shape index (κ3) is 12.4. The molecule has 6 aromatic carbocycles. The molecule has 0 bridgehead atoms. The molecule has 6 aromatic heterocycles. The number of hydrogen-bond acceptors (Lipinski definition) is 12. The molecule has 0 fully saturated rings. The monoisotopic (exact) mass is 1340 g/mol. The maximum Gasteiger partial charge on any atom is 1.00 e. The largest absolute Gasteiger partial charge is 1.00 e. The summed E-state index contributed by atoms with van der Waals surface area (Å²) in [5.74, 6) is -0.539. The summed E-state index contributed by atoms with van der Waals surface area (Å²) in [5, 5.41) is 74.3. The van der Waals surface area contributed by atoms with Gasteiger partial charge in [0.1, 0.15) is 44.7 Å². The standard InChI is InChI=1S/3C23H18ClNO3S.3Na/c3*24-21-17(15-11-10-12-6-4-5-9-14(12)19(15)26)18-20(27)16(13-7-2-1-3-8-13)22(28)25-23(18)29-21;;;/h3*1-3,7-8,10-11,26H,4-6,9H2,(H2,25,27,28);;;/q;;;3*+1/p-3. The summed E-state index contributed by atoms with van der Waals surface area (Å²) in [6, 6.07) is 38.3. The second-order valence-electron chi connectivity index (χ2n) is 21.9. The molecule has 0 saturated heterocycles. The fraction of sp³-hybridized carbons (Fsp3) is 0.174. The normalized spacial score (nSPS) is 13.1. The van der Waals surface area contributed by atoms with Crippen LogP contribution in [0.1, 0.15) is 71.9 Å². The molecule has 0 saturated carbocycles. The number of halogens is 3. The van der Waals surface area contributed by atoms with Gasteiger partial charge in [0.05, 0.1) is 32.8 Å². The smallest absolute Gasteiger partial charge is 0.872 e. The minimum atomic E-state index is -0.390. The zero-order chi connectivity index (χ0) is 60.4. The van der Waals surface area contributed by atoms with Crippen molar-refractivity contribution in [3.63, 3.8) is 0 Å². The zero-order valence-electron chi connectivity index (χ0n) is 49.3. The van der Waals surface area contributed by atoms with Crippen molar-refractivity contribution < 1.29 is 119 Å². The molecule has 0 unspecified atom stereocenters. The van der Waals surface area contributed by atoms with Crippen LogP contribution in [-0.4, -0.2) is 30.3 Å². The summed E-state index contributed by atoms with van der Waals surface area (Å²) in [6.45, 7) is 0. The number of aromatic nitrogens is 3. The van der Waals surface area contributed by atoms with E-state index in [2.05, 4.69) is 15.0 Å². The first-order valence-electron chi connectivity index (χ1n) is 28.5. The number of aromatic hydroxyl groups is 3. The molecule has 90 heavy (non-hydrogen) atoms. The molecule has 12 aromatic rings. The van der Waals surface area contributed by atoms with Crippen LogP contribution in [0.15, 0.2) is 142 Å². The number of benzene rings is 6. The van der Waals surface area contributed by atoms with Gasteiger partial charge in [-0.15, -0.1) is 34.0 Å². The van der Waals surface area contributed by atoms with E-state index in [1.807, 2.05) is 36.4 Å². The summed E-state index contributed by atoms with van der Waals surface area (Å²) in [4.78, 5) is 47.8. The Balaban J connectivity index is 0.000000146. The average molecular weight is 1340 g/mol. The molecule has 3 aliphatic carbocycles. The van der Waals surface area contributed by atoms with Crippen LogP contribution in [0.2, 0.25) is 13.0 Å². The third-order valence-electron chi connectivity index (χ3n) is 16.8. The Hall–Kier alpha value is -5.28. The molecule has 0 amide bonds. The SMILES string of the molecule is O=c1[nH]c2sc(Cl)c(-c3ccc4c(c3[O-])CCCC4)c2c(O)c1-c1ccccc1.O=c1[nH]c2sc(Cl)c(-c3ccc4c(c3[O-])CCCC4)c2c(O)c1-c1ccccc1.O=c1[nH]c2sc(Cl)c(-c3ccc4c(c3[O-])CCCC4)c2c(O)c1-c1ccccc1.[Na+].[Na+].[Na+]. The fourth-order valence-corrected chi connectivity index (χ4v) is 16.8. The number of H-pyrrole nitrogens is 3. The van der Waals surface area contributed by atoms with Gasteiger partial charge in [0.25, 0.3) is 16.7 Å². The molecular weight excluding hydrogens is 1290 g/mol. The molecular formula is C69H51Cl3N3Na3O9S3. The Bertz CT molecular complexity index is 4430. The summed E-state index contributed by atoms with van der Waals surface area (Å²) in [6.07, 6.45) is 11.3. The number of pyridine rings is 3. The topological polar surface area (TPSA) is 228 Å². The predicted octanol–water partition coefficient (Wildman–Crippen LogP) is 6.72. The Labute approximate surface area is 609 Å². The van der Waals surface area contributed by atoms with Crippen molar-refractivity contribution >= 4 is 99.5 Å².